The van der Waals surface area contributed by atoms with E-state index in [1.165, 1.54) is 25.7 Å². The van der Waals surface area contributed by atoms with Crippen molar-refractivity contribution in [3.8, 4) is 0 Å². The Hall–Kier alpha value is -0.760. The Labute approximate surface area is 98.4 Å². The number of nitrogens with one attached hydrogen (secondary N) is 1. The molecule has 2 rings (SSSR count). The van der Waals surface area contributed by atoms with Crippen LogP contribution in [0.4, 0.5) is 0 Å². The Balaban J connectivity index is 1.75. The van der Waals surface area contributed by atoms with Crippen LogP contribution in [-0.2, 0) is 6.54 Å². The molecule has 1 aromatic heterocycles. The first-order chi connectivity index (χ1) is 7.70. The van der Waals surface area contributed by atoms with Crippen LogP contribution in [0, 0.1) is 11.3 Å². The molecule has 0 atom stereocenters. The maximum absolute atomic E-state index is 5.32. The molecule has 0 spiro atoms. The van der Waals surface area contributed by atoms with Gasteiger partial charge in [-0.1, -0.05) is 20.3 Å². The van der Waals surface area contributed by atoms with E-state index in [1.807, 2.05) is 12.1 Å². The van der Waals surface area contributed by atoms with Crippen molar-refractivity contribution in [3.05, 3.63) is 24.2 Å². The van der Waals surface area contributed by atoms with Crippen molar-refractivity contribution in [1.29, 1.82) is 0 Å². The van der Waals surface area contributed by atoms with E-state index in [-0.39, 0.29) is 0 Å². The minimum Gasteiger partial charge on any atom is -0.468 e. The summed E-state index contributed by atoms with van der Waals surface area (Å²) in [7, 11) is 0. The Morgan fingerprint density at radius 1 is 1.44 bits per heavy atom. The average molecular weight is 221 g/mol. The van der Waals surface area contributed by atoms with Crippen molar-refractivity contribution in [2.24, 2.45) is 11.3 Å². The fourth-order valence-electron chi connectivity index (χ4n) is 2.86. The lowest BCUT2D eigenvalue weighted by Gasteiger charge is -2.43. The molecule has 1 aliphatic rings. The Morgan fingerprint density at radius 2 is 2.25 bits per heavy atom. The zero-order chi connectivity index (χ0) is 11.4. The van der Waals surface area contributed by atoms with E-state index in [2.05, 4.69) is 19.2 Å². The van der Waals surface area contributed by atoms with Crippen LogP contribution in [0.3, 0.4) is 0 Å². The highest BCUT2D eigenvalue weighted by atomic mass is 16.3. The van der Waals surface area contributed by atoms with Crippen LogP contribution in [0.2, 0.25) is 0 Å². The highest BCUT2D eigenvalue weighted by molar-refractivity contribution is 4.98. The third kappa shape index (κ3) is 2.88. The fraction of sp³-hybridized carbons (Fsp3) is 0.714. The topological polar surface area (TPSA) is 25.2 Å². The monoisotopic (exact) mass is 221 g/mol. The summed E-state index contributed by atoms with van der Waals surface area (Å²) in [6, 6.07) is 3.98. The zero-order valence-electron chi connectivity index (χ0n) is 10.5. The van der Waals surface area contributed by atoms with Gasteiger partial charge in [0, 0.05) is 6.54 Å². The van der Waals surface area contributed by atoms with Gasteiger partial charge in [0.25, 0.3) is 0 Å². The molecule has 0 amide bonds. The highest BCUT2D eigenvalue weighted by Gasteiger charge is 2.36. The number of hydrogen-bond acceptors (Lipinski definition) is 2. The molecule has 2 heteroatoms. The summed E-state index contributed by atoms with van der Waals surface area (Å²) in [5.74, 6) is 1.85. The average Bonchev–Trinajstić information content (AvgIpc) is 2.66. The van der Waals surface area contributed by atoms with Gasteiger partial charge in [-0.2, -0.15) is 0 Å². The summed E-state index contributed by atoms with van der Waals surface area (Å²) in [5, 5.41) is 3.54. The van der Waals surface area contributed by atoms with Gasteiger partial charge in [-0.25, -0.2) is 0 Å². The molecule has 0 bridgehead atoms. The van der Waals surface area contributed by atoms with Crippen molar-refractivity contribution in [2.45, 2.75) is 46.1 Å². The van der Waals surface area contributed by atoms with Gasteiger partial charge in [0.2, 0.25) is 0 Å². The third-order valence-corrected chi connectivity index (χ3v) is 3.63. The van der Waals surface area contributed by atoms with Crippen molar-refractivity contribution in [3.63, 3.8) is 0 Å². The summed E-state index contributed by atoms with van der Waals surface area (Å²) >= 11 is 0. The molecular formula is C14H23NO. The van der Waals surface area contributed by atoms with Crippen LogP contribution >= 0.6 is 0 Å². The summed E-state index contributed by atoms with van der Waals surface area (Å²) in [6.07, 6.45) is 7.31. The second-order valence-corrected chi connectivity index (χ2v) is 5.63. The predicted molar refractivity (Wildman–Crippen MR) is 66.2 cm³/mol. The smallest absolute Gasteiger partial charge is 0.117 e. The third-order valence-electron chi connectivity index (χ3n) is 3.63. The molecule has 16 heavy (non-hydrogen) atoms. The van der Waals surface area contributed by atoms with Crippen molar-refractivity contribution >= 4 is 0 Å². The maximum atomic E-state index is 5.32. The first-order valence-corrected chi connectivity index (χ1v) is 6.43. The molecule has 1 heterocycles. The lowest BCUT2D eigenvalue weighted by molar-refractivity contribution is 0.0972. The van der Waals surface area contributed by atoms with E-state index >= 15 is 0 Å². The van der Waals surface area contributed by atoms with E-state index in [0.29, 0.717) is 5.41 Å². The Bertz CT molecular complexity index is 299. The normalized spacial score (nSPS) is 18.7. The molecular weight excluding hydrogens is 198 g/mol. The van der Waals surface area contributed by atoms with Gasteiger partial charge < -0.3 is 9.73 Å². The second-order valence-electron chi connectivity index (χ2n) is 5.63. The molecule has 1 aliphatic carbocycles. The first kappa shape index (κ1) is 11.7. The first-order valence-electron chi connectivity index (χ1n) is 6.43. The molecule has 0 saturated heterocycles. The molecule has 1 N–H and O–H groups in total. The van der Waals surface area contributed by atoms with Gasteiger partial charge in [0.15, 0.2) is 0 Å². The van der Waals surface area contributed by atoms with Gasteiger partial charge in [-0.15, -0.1) is 0 Å². The number of hydrogen-bond donors (Lipinski definition) is 1. The van der Waals surface area contributed by atoms with Crippen LogP contribution in [0.15, 0.2) is 22.8 Å². The quantitative estimate of drug-likeness (QED) is 0.794. The predicted octanol–water partition coefficient (Wildman–Crippen LogP) is 3.59. The molecule has 2 nitrogen and oxygen atoms in total. The molecule has 1 aromatic rings. The lowest BCUT2D eigenvalue weighted by Crippen LogP contribution is -2.40. The second kappa shape index (κ2) is 5.05. The van der Waals surface area contributed by atoms with Crippen molar-refractivity contribution in [2.75, 3.05) is 6.54 Å². The standard InChI is InChI=1S/C14H23NO/c1-12(2)9-14(6-4-7-14)11-15-10-13-5-3-8-16-13/h3,5,8,12,15H,4,6-7,9-11H2,1-2H3. The minimum atomic E-state index is 0.584. The summed E-state index contributed by atoms with van der Waals surface area (Å²) in [6.45, 7) is 6.66. The molecule has 90 valence electrons. The highest BCUT2D eigenvalue weighted by Crippen LogP contribution is 2.45. The molecule has 0 unspecified atom stereocenters. The summed E-state index contributed by atoms with van der Waals surface area (Å²) < 4.78 is 5.32. The largest absolute Gasteiger partial charge is 0.468 e. The zero-order valence-corrected chi connectivity index (χ0v) is 10.5. The number of furan rings is 1. The van der Waals surface area contributed by atoms with Crippen LogP contribution in [0.5, 0.6) is 0 Å². The van der Waals surface area contributed by atoms with E-state index in [9.17, 15) is 0 Å². The molecule has 0 aliphatic heterocycles. The molecule has 1 saturated carbocycles. The molecule has 1 fully saturated rings. The van der Waals surface area contributed by atoms with Gasteiger partial charge in [0.05, 0.1) is 12.8 Å². The van der Waals surface area contributed by atoms with Crippen LogP contribution in [-0.4, -0.2) is 6.54 Å². The van der Waals surface area contributed by atoms with E-state index in [4.69, 9.17) is 4.42 Å². The van der Waals surface area contributed by atoms with Gasteiger partial charge >= 0.3 is 0 Å². The van der Waals surface area contributed by atoms with E-state index in [1.54, 1.807) is 6.26 Å². The SMILES string of the molecule is CC(C)CC1(CNCc2ccco2)CCC1. The Kier molecular flexibility index (Phi) is 3.70. The van der Waals surface area contributed by atoms with Crippen LogP contribution < -0.4 is 5.32 Å². The van der Waals surface area contributed by atoms with Gasteiger partial charge in [-0.3, -0.25) is 0 Å². The van der Waals surface area contributed by atoms with Crippen LogP contribution in [0.25, 0.3) is 0 Å². The fourth-order valence-corrected chi connectivity index (χ4v) is 2.86. The lowest BCUT2D eigenvalue weighted by atomic mass is 9.64. The number of rotatable bonds is 6. The van der Waals surface area contributed by atoms with E-state index < -0.39 is 0 Å². The van der Waals surface area contributed by atoms with E-state index in [0.717, 1.165) is 24.8 Å². The minimum absolute atomic E-state index is 0.584. The summed E-state index contributed by atoms with van der Waals surface area (Å²) in [5.41, 5.74) is 0.584. The molecule has 0 aromatic carbocycles. The van der Waals surface area contributed by atoms with Gasteiger partial charge in [-0.05, 0) is 42.7 Å². The Morgan fingerprint density at radius 3 is 2.75 bits per heavy atom. The van der Waals surface area contributed by atoms with Crippen LogP contribution in [0.1, 0.15) is 45.3 Å². The molecule has 0 radical (unpaired) electrons. The summed E-state index contributed by atoms with van der Waals surface area (Å²) in [4.78, 5) is 0. The van der Waals surface area contributed by atoms with Crippen molar-refractivity contribution < 1.29 is 4.42 Å². The van der Waals surface area contributed by atoms with Crippen molar-refractivity contribution in [1.82, 2.24) is 5.32 Å². The maximum Gasteiger partial charge on any atom is 0.117 e. The van der Waals surface area contributed by atoms with Gasteiger partial charge in [0.1, 0.15) is 5.76 Å².